The van der Waals surface area contributed by atoms with Gasteiger partial charge in [0.25, 0.3) is 0 Å². The Hall–Kier alpha value is -0.430. The maximum atomic E-state index is 11.6. The Morgan fingerprint density at radius 3 is 2.93 bits per heavy atom. The molecule has 1 rings (SSSR count). The van der Waals surface area contributed by atoms with Gasteiger partial charge in [-0.05, 0) is 0 Å². The first kappa shape index (κ1) is 11.6. The summed E-state index contributed by atoms with van der Waals surface area (Å²) in [6, 6.07) is 0. The number of nitrogens with zero attached hydrogens (tertiary/aromatic N) is 1. The molecule has 0 spiro atoms. The SMILES string of the molecule is C=CCS(=O)(=O)N1CCOC(CO)C1. The van der Waals surface area contributed by atoms with E-state index in [1.165, 1.54) is 10.4 Å². The van der Waals surface area contributed by atoms with Gasteiger partial charge < -0.3 is 9.84 Å². The average Bonchev–Trinajstić information content (AvgIpc) is 2.18. The van der Waals surface area contributed by atoms with Crippen molar-refractivity contribution in [1.82, 2.24) is 4.31 Å². The second-order valence-electron chi connectivity index (χ2n) is 3.10. The smallest absolute Gasteiger partial charge is 0.217 e. The number of hydrogen-bond donors (Lipinski definition) is 1. The minimum atomic E-state index is -3.25. The van der Waals surface area contributed by atoms with E-state index < -0.39 is 16.1 Å². The zero-order valence-electron chi connectivity index (χ0n) is 7.92. The van der Waals surface area contributed by atoms with Gasteiger partial charge in [-0.25, -0.2) is 8.42 Å². The van der Waals surface area contributed by atoms with Crippen molar-refractivity contribution in [1.29, 1.82) is 0 Å². The van der Waals surface area contributed by atoms with Gasteiger partial charge in [0.15, 0.2) is 0 Å². The van der Waals surface area contributed by atoms with E-state index in [-0.39, 0.29) is 18.9 Å². The molecule has 1 saturated heterocycles. The topological polar surface area (TPSA) is 66.8 Å². The van der Waals surface area contributed by atoms with Crippen LogP contribution in [0.5, 0.6) is 0 Å². The second kappa shape index (κ2) is 4.88. The lowest BCUT2D eigenvalue weighted by molar-refractivity contribution is -0.0303. The quantitative estimate of drug-likeness (QED) is 0.631. The molecule has 6 heteroatoms. The molecule has 0 aromatic carbocycles. The normalized spacial score (nSPS) is 24.8. The van der Waals surface area contributed by atoms with E-state index in [1.807, 2.05) is 0 Å². The van der Waals surface area contributed by atoms with Gasteiger partial charge in [0, 0.05) is 13.1 Å². The Morgan fingerprint density at radius 2 is 2.36 bits per heavy atom. The molecule has 5 nitrogen and oxygen atoms in total. The highest BCUT2D eigenvalue weighted by Gasteiger charge is 2.27. The molecule has 0 aromatic heterocycles. The lowest BCUT2D eigenvalue weighted by atomic mass is 10.3. The maximum absolute atomic E-state index is 11.6. The average molecular weight is 221 g/mol. The third-order valence-electron chi connectivity index (χ3n) is 2.03. The molecule has 0 aliphatic carbocycles. The zero-order valence-corrected chi connectivity index (χ0v) is 8.74. The molecule has 0 bridgehead atoms. The van der Waals surface area contributed by atoms with Crippen LogP contribution in [0, 0.1) is 0 Å². The Morgan fingerprint density at radius 1 is 1.64 bits per heavy atom. The molecular formula is C8H15NO4S. The first-order valence-electron chi connectivity index (χ1n) is 4.41. The van der Waals surface area contributed by atoms with Crippen molar-refractivity contribution in [3.8, 4) is 0 Å². The van der Waals surface area contributed by atoms with E-state index in [0.29, 0.717) is 13.2 Å². The summed E-state index contributed by atoms with van der Waals surface area (Å²) in [5.74, 6) is -0.0643. The second-order valence-corrected chi connectivity index (χ2v) is 5.11. The summed E-state index contributed by atoms with van der Waals surface area (Å²) in [6.45, 7) is 4.16. The Balaban J connectivity index is 2.63. The molecule has 1 unspecified atom stereocenters. The molecule has 1 aliphatic heterocycles. The molecule has 14 heavy (non-hydrogen) atoms. The molecule has 0 aromatic rings. The first-order valence-corrected chi connectivity index (χ1v) is 6.02. The number of hydrogen-bond acceptors (Lipinski definition) is 4. The minimum absolute atomic E-state index is 0.0643. The van der Waals surface area contributed by atoms with Crippen molar-refractivity contribution < 1.29 is 18.3 Å². The molecule has 1 aliphatic rings. The fourth-order valence-electron chi connectivity index (χ4n) is 1.31. The lowest BCUT2D eigenvalue weighted by Crippen LogP contribution is -2.47. The van der Waals surface area contributed by atoms with Gasteiger partial charge in [-0.1, -0.05) is 6.08 Å². The van der Waals surface area contributed by atoms with Crippen molar-refractivity contribution in [3.63, 3.8) is 0 Å². The predicted molar refractivity (Wildman–Crippen MR) is 52.4 cm³/mol. The van der Waals surface area contributed by atoms with E-state index in [0.717, 1.165) is 0 Å². The van der Waals surface area contributed by atoms with Crippen molar-refractivity contribution in [2.24, 2.45) is 0 Å². The van der Waals surface area contributed by atoms with E-state index in [1.54, 1.807) is 0 Å². The van der Waals surface area contributed by atoms with Crippen molar-refractivity contribution >= 4 is 10.0 Å². The summed E-state index contributed by atoms with van der Waals surface area (Å²) >= 11 is 0. The van der Waals surface area contributed by atoms with Crippen LogP contribution in [0.3, 0.4) is 0 Å². The molecule has 0 saturated carbocycles. The Labute approximate surface area is 84.0 Å². The standard InChI is InChI=1S/C8H15NO4S/c1-2-5-14(11,12)9-3-4-13-8(6-9)7-10/h2,8,10H,1,3-7H2. The number of ether oxygens (including phenoxy) is 1. The zero-order chi connectivity index (χ0) is 10.6. The monoisotopic (exact) mass is 221 g/mol. The van der Waals surface area contributed by atoms with E-state index in [4.69, 9.17) is 9.84 Å². The van der Waals surface area contributed by atoms with Gasteiger partial charge in [0.05, 0.1) is 25.1 Å². The molecule has 1 N–H and O–H groups in total. The minimum Gasteiger partial charge on any atom is -0.394 e. The number of sulfonamides is 1. The third-order valence-corrected chi connectivity index (χ3v) is 3.80. The van der Waals surface area contributed by atoms with Crippen LogP contribution in [0.2, 0.25) is 0 Å². The van der Waals surface area contributed by atoms with E-state index >= 15 is 0 Å². The molecule has 82 valence electrons. The van der Waals surface area contributed by atoms with Crippen molar-refractivity contribution in [2.75, 3.05) is 32.1 Å². The summed E-state index contributed by atoms with van der Waals surface area (Å²) in [7, 11) is -3.25. The summed E-state index contributed by atoms with van der Waals surface area (Å²) in [5.41, 5.74) is 0. The highest BCUT2D eigenvalue weighted by Crippen LogP contribution is 2.10. The number of morpholine rings is 1. The molecule has 0 radical (unpaired) electrons. The molecule has 1 atom stereocenters. The van der Waals surface area contributed by atoms with Crippen LogP contribution in [-0.4, -0.2) is 56.0 Å². The molecule has 0 amide bonds. The molecule has 1 heterocycles. The van der Waals surface area contributed by atoms with E-state index in [9.17, 15) is 8.42 Å². The summed E-state index contributed by atoms with van der Waals surface area (Å²) in [6.07, 6.45) is 0.960. The van der Waals surface area contributed by atoms with Crippen LogP contribution in [0.4, 0.5) is 0 Å². The summed E-state index contributed by atoms with van der Waals surface area (Å²) in [5, 5.41) is 8.84. The lowest BCUT2D eigenvalue weighted by Gasteiger charge is -2.30. The largest absolute Gasteiger partial charge is 0.394 e. The van der Waals surface area contributed by atoms with Crippen LogP contribution >= 0.6 is 0 Å². The van der Waals surface area contributed by atoms with Gasteiger partial charge in [-0.15, -0.1) is 6.58 Å². The fourth-order valence-corrected chi connectivity index (χ4v) is 2.56. The first-order chi connectivity index (χ1) is 6.60. The summed E-state index contributed by atoms with van der Waals surface area (Å²) < 4.78 is 29.6. The van der Waals surface area contributed by atoms with Gasteiger partial charge in [-0.2, -0.15) is 4.31 Å². The Bertz CT molecular complexity index is 288. The van der Waals surface area contributed by atoms with Crippen molar-refractivity contribution in [3.05, 3.63) is 12.7 Å². The van der Waals surface area contributed by atoms with Gasteiger partial charge in [-0.3, -0.25) is 0 Å². The molecular weight excluding hydrogens is 206 g/mol. The van der Waals surface area contributed by atoms with E-state index in [2.05, 4.69) is 6.58 Å². The van der Waals surface area contributed by atoms with Crippen LogP contribution < -0.4 is 0 Å². The van der Waals surface area contributed by atoms with Crippen LogP contribution in [0.15, 0.2) is 12.7 Å². The fraction of sp³-hybridized carbons (Fsp3) is 0.750. The summed E-state index contributed by atoms with van der Waals surface area (Å²) in [4.78, 5) is 0. The number of rotatable bonds is 4. The van der Waals surface area contributed by atoms with Gasteiger partial charge in [0.1, 0.15) is 0 Å². The van der Waals surface area contributed by atoms with Gasteiger partial charge in [0.2, 0.25) is 10.0 Å². The van der Waals surface area contributed by atoms with Crippen LogP contribution in [0.25, 0.3) is 0 Å². The maximum Gasteiger partial charge on any atom is 0.217 e. The number of aliphatic hydroxyl groups excluding tert-OH is 1. The highest BCUT2D eigenvalue weighted by molar-refractivity contribution is 7.89. The highest BCUT2D eigenvalue weighted by atomic mass is 32.2. The Kier molecular flexibility index (Phi) is 4.06. The molecule has 1 fully saturated rings. The van der Waals surface area contributed by atoms with Gasteiger partial charge >= 0.3 is 0 Å². The van der Waals surface area contributed by atoms with Crippen LogP contribution in [0.1, 0.15) is 0 Å². The van der Waals surface area contributed by atoms with Crippen molar-refractivity contribution in [2.45, 2.75) is 6.10 Å². The third kappa shape index (κ3) is 2.78. The number of aliphatic hydroxyl groups is 1. The van der Waals surface area contributed by atoms with Crippen LogP contribution in [-0.2, 0) is 14.8 Å². The predicted octanol–water partition coefficient (Wildman–Crippen LogP) is -0.805.